The molecule has 1 aromatic rings. The molecule has 3 nitrogen and oxygen atoms in total. The molecule has 0 heterocycles. The fourth-order valence-electron chi connectivity index (χ4n) is 1.13. The van der Waals surface area contributed by atoms with Gasteiger partial charge in [-0.1, -0.05) is 30.3 Å². The van der Waals surface area contributed by atoms with Crippen molar-refractivity contribution in [2.24, 2.45) is 0 Å². The molecule has 1 rings (SSSR count). The molecular formula is C11H12O3. The summed E-state index contributed by atoms with van der Waals surface area (Å²) in [6.45, 7) is 0. The van der Waals surface area contributed by atoms with Gasteiger partial charge in [-0.25, -0.2) is 4.79 Å². The summed E-state index contributed by atoms with van der Waals surface area (Å²) in [5.41, 5.74) is 1.21. The van der Waals surface area contributed by atoms with Gasteiger partial charge in [0.2, 0.25) is 0 Å². The summed E-state index contributed by atoms with van der Waals surface area (Å²) in [6, 6.07) is 9.41. The van der Waals surface area contributed by atoms with Gasteiger partial charge >= 0.3 is 5.97 Å². The lowest BCUT2D eigenvalue weighted by Gasteiger charge is -2.01. The lowest BCUT2D eigenvalue weighted by Crippen LogP contribution is -2.04. The molecule has 0 spiro atoms. The molecule has 0 aliphatic carbocycles. The number of carboxylic acids is 1. The predicted octanol–water partition coefficient (Wildman–Crippen LogP) is 1.84. The first-order chi connectivity index (χ1) is 6.74. The van der Waals surface area contributed by atoms with Crippen molar-refractivity contribution >= 4 is 5.97 Å². The Morgan fingerprint density at radius 3 is 2.57 bits per heavy atom. The van der Waals surface area contributed by atoms with Crippen LogP contribution < -0.4 is 0 Å². The number of rotatable bonds is 4. The van der Waals surface area contributed by atoms with Crippen molar-refractivity contribution < 1.29 is 14.6 Å². The average Bonchev–Trinajstić information content (AvgIpc) is 2.18. The Hall–Kier alpha value is -1.77. The second kappa shape index (κ2) is 5.07. The molecular weight excluding hydrogens is 180 g/mol. The average molecular weight is 192 g/mol. The number of aliphatic carboxylic acids is 1. The second-order valence-corrected chi connectivity index (χ2v) is 2.85. The van der Waals surface area contributed by atoms with Crippen molar-refractivity contribution in [1.82, 2.24) is 0 Å². The van der Waals surface area contributed by atoms with E-state index in [1.165, 1.54) is 13.4 Å². The number of carbonyl (C=O) groups is 1. The van der Waals surface area contributed by atoms with Crippen molar-refractivity contribution in [3.05, 3.63) is 47.7 Å². The number of benzene rings is 1. The van der Waals surface area contributed by atoms with Gasteiger partial charge in [0.1, 0.15) is 0 Å². The summed E-state index contributed by atoms with van der Waals surface area (Å²) >= 11 is 0. The van der Waals surface area contributed by atoms with E-state index in [0.717, 1.165) is 5.56 Å². The molecule has 0 fully saturated rings. The standard InChI is InChI=1S/C11H12O3/c1-14-8-10(11(12)13)7-9-5-3-2-4-6-9/h2-6,8H,7H2,1H3,(H,12,13)/b10-8-. The maximum atomic E-state index is 10.7. The number of carboxylic acid groups (broad SMARTS) is 1. The number of methoxy groups -OCH3 is 1. The van der Waals surface area contributed by atoms with Crippen LogP contribution in [0.15, 0.2) is 42.2 Å². The Kier molecular flexibility index (Phi) is 3.73. The van der Waals surface area contributed by atoms with E-state index in [2.05, 4.69) is 0 Å². The Balaban J connectivity index is 2.76. The van der Waals surface area contributed by atoms with E-state index in [4.69, 9.17) is 9.84 Å². The number of hydrogen-bond donors (Lipinski definition) is 1. The van der Waals surface area contributed by atoms with Gasteiger partial charge in [-0.05, 0) is 5.56 Å². The molecule has 0 amide bonds. The molecule has 1 aromatic carbocycles. The predicted molar refractivity (Wildman–Crippen MR) is 52.9 cm³/mol. The van der Waals surface area contributed by atoms with Gasteiger partial charge in [0.25, 0.3) is 0 Å². The van der Waals surface area contributed by atoms with Crippen LogP contribution in [0.4, 0.5) is 0 Å². The van der Waals surface area contributed by atoms with Crippen LogP contribution >= 0.6 is 0 Å². The first-order valence-corrected chi connectivity index (χ1v) is 4.23. The highest BCUT2D eigenvalue weighted by Gasteiger charge is 2.07. The smallest absolute Gasteiger partial charge is 0.335 e. The van der Waals surface area contributed by atoms with Crippen LogP contribution in [0, 0.1) is 0 Å². The van der Waals surface area contributed by atoms with Gasteiger partial charge < -0.3 is 9.84 Å². The van der Waals surface area contributed by atoms with E-state index in [0.29, 0.717) is 6.42 Å². The molecule has 0 atom stereocenters. The van der Waals surface area contributed by atoms with Crippen molar-refractivity contribution in [3.63, 3.8) is 0 Å². The second-order valence-electron chi connectivity index (χ2n) is 2.85. The van der Waals surface area contributed by atoms with E-state index in [9.17, 15) is 4.79 Å². The minimum absolute atomic E-state index is 0.249. The summed E-state index contributed by atoms with van der Waals surface area (Å²) in [4.78, 5) is 10.7. The summed E-state index contributed by atoms with van der Waals surface area (Å²) in [7, 11) is 1.44. The molecule has 0 aromatic heterocycles. The van der Waals surface area contributed by atoms with Gasteiger partial charge in [-0.2, -0.15) is 0 Å². The lowest BCUT2D eigenvalue weighted by molar-refractivity contribution is -0.132. The van der Waals surface area contributed by atoms with Crippen molar-refractivity contribution in [3.8, 4) is 0 Å². The molecule has 0 unspecified atom stereocenters. The SMILES string of the molecule is CO/C=C(/Cc1ccccc1)C(=O)O. The van der Waals surface area contributed by atoms with Gasteiger partial charge in [-0.3, -0.25) is 0 Å². The zero-order valence-corrected chi connectivity index (χ0v) is 7.93. The van der Waals surface area contributed by atoms with E-state index >= 15 is 0 Å². The summed E-state index contributed by atoms with van der Waals surface area (Å²) in [5, 5.41) is 8.82. The van der Waals surface area contributed by atoms with E-state index < -0.39 is 5.97 Å². The third kappa shape index (κ3) is 2.94. The van der Waals surface area contributed by atoms with Crippen LogP contribution in [0.5, 0.6) is 0 Å². The fourth-order valence-corrected chi connectivity index (χ4v) is 1.13. The monoisotopic (exact) mass is 192 g/mol. The largest absolute Gasteiger partial charge is 0.504 e. The summed E-state index contributed by atoms with van der Waals surface area (Å²) in [5.74, 6) is -0.948. The van der Waals surface area contributed by atoms with Crippen molar-refractivity contribution in [2.45, 2.75) is 6.42 Å². The normalized spacial score (nSPS) is 11.1. The highest BCUT2D eigenvalue weighted by atomic mass is 16.5. The Morgan fingerprint density at radius 1 is 1.43 bits per heavy atom. The van der Waals surface area contributed by atoms with Gasteiger partial charge in [0, 0.05) is 6.42 Å². The van der Waals surface area contributed by atoms with Gasteiger partial charge in [-0.15, -0.1) is 0 Å². The molecule has 0 saturated carbocycles. The maximum Gasteiger partial charge on any atom is 0.335 e. The third-order valence-electron chi connectivity index (χ3n) is 1.77. The molecule has 0 saturated heterocycles. The molecule has 14 heavy (non-hydrogen) atoms. The lowest BCUT2D eigenvalue weighted by atomic mass is 10.1. The van der Waals surface area contributed by atoms with E-state index in [1.807, 2.05) is 30.3 Å². The summed E-state index contributed by atoms with van der Waals surface area (Å²) in [6.07, 6.45) is 1.64. The van der Waals surface area contributed by atoms with Crippen LogP contribution in [-0.2, 0) is 16.0 Å². The number of ether oxygens (including phenoxy) is 1. The minimum Gasteiger partial charge on any atom is -0.504 e. The van der Waals surface area contributed by atoms with Crippen molar-refractivity contribution in [1.29, 1.82) is 0 Å². The van der Waals surface area contributed by atoms with Gasteiger partial charge in [0.05, 0.1) is 18.9 Å². The first kappa shape index (κ1) is 10.3. The maximum absolute atomic E-state index is 10.7. The van der Waals surface area contributed by atoms with Crippen LogP contribution in [-0.4, -0.2) is 18.2 Å². The van der Waals surface area contributed by atoms with Gasteiger partial charge in [0.15, 0.2) is 0 Å². The number of hydrogen-bond acceptors (Lipinski definition) is 2. The zero-order chi connectivity index (χ0) is 10.4. The molecule has 3 heteroatoms. The molecule has 0 bridgehead atoms. The van der Waals surface area contributed by atoms with E-state index in [-0.39, 0.29) is 5.57 Å². The quantitative estimate of drug-likeness (QED) is 0.585. The topological polar surface area (TPSA) is 46.5 Å². The Morgan fingerprint density at radius 2 is 2.07 bits per heavy atom. The van der Waals surface area contributed by atoms with Crippen molar-refractivity contribution in [2.75, 3.05) is 7.11 Å². The molecule has 0 radical (unpaired) electrons. The van der Waals surface area contributed by atoms with Crippen LogP contribution in [0.2, 0.25) is 0 Å². The third-order valence-corrected chi connectivity index (χ3v) is 1.77. The summed E-state index contributed by atoms with van der Waals surface area (Å²) < 4.78 is 4.69. The zero-order valence-electron chi connectivity index (χ0n) is 7.93. The van der Waals surface area contributed by atoms with E-state index in [1.54, 1.807) is 0 Å². The minimum atomic E-state index is -0.948. The highest BCUT2D eigenvalue weighted by Crippen LogP contribution is 2.07. The highest BCUT2D eigenvalue weighted by molar-refractivity contribution is 5.86. The molecule has 0 aliphatic heterocycles. The van der Waals surface area contributed by atoms with Crippen LogP contribution in [0.25, 0.3) is 0 Å². The Bertz CT molecular complexity index is 328. The molecule has 74 valence electrons. The molecule has 1 N–H and O–H groups in total. The Labute approximate surface area is 82.6 Å². The fraction of sp³-hybridized carbons (Fsp3) is 0.182. The first-order valence-electron chi connectivity index (χ1n) is 4.23. The van der Waals surface area contributed by atoms with Crippen LogP contribution in [0.3, 0.4) is 0 Å². The molecule has 0 aliphatic rings. The van der Waals surface area contributed by atoms with Crippen LogP contribution in [0.1, 0.15) is 5.56 Å².